The van der Waals surface area contributed by atoms with Crippen LogP contribution in [0, 0.1) is 0 Å². The van der Waals surface area contributed by atoms with Gasteiger partial charge in [-0.15, -0.1) is 10.2 Å². The molecule has 0 aliphatic heterocycles. The highest BCUT2D eigenvalue weighted by molar-refractivity contribution is 6.33. The predicted molar refractivity (Wildman–Crippen MR) is 74.6 cm³/mol. The summed E-state index contributed by atoms with van der Waals surface area (Å²) in [6, 6.07) is 14.7. The lowest BCUT2D eigenvalue weighted by Gasteiger charge is -2.00. The first kappa shape index (κ1) is 11.7. The molecule has 0 amide bonds. The van der Waals surface area contributed by atoms with E-state index in [-0.39, 0.29) is 0 Å². The van der Waals surface area contributed by atoms with E-state index >= 15 is 0 Å². The minimum Gasteiger partial charge on any atom is -0.416 e. The third-order valence-corrected chi connectivity index (χ3v) is 3.00. The molecule has 1 aromatic heterocycles. The lowest BCUT2D eigenvalue weighted by Crippen LogP contribution is -1.86. The summed E-state index contributed by atoms with van der Waals surface area (Å²) in [6.07, 6.45) is 0. The predicted octanol–water partition coefficient (Wildman–Crippen LogP) is 3.64. The zero-order chi connectivity index (χ0) is 13.2. The molecule has 2 aromatic carbocycles. The van der Waals surface area contributed by atoms with Gasteiger partial charge in [0.2, 0.25) is 11.8 Å². The first-order chi connectivity index (χ1) is 9.24. The van der Waals surface area contributed by atoms with Gasteiger partial charge >= 0.3 is 0 Å². The number of nitrogens with zero attached hydrogens (tertiary/aromatic N) is 2. The van der Waals surface area contributed by atoms with Gasteiger partial charge in [-0.2, -0.15) is 0 Å². The molecule has 4 nitrogen and oxygen atoms in total. The summed E-state index contributed by atoms with van der Waals surface area (Å²) >= 11 is 6.10. The van der Waals surface area contributed by atoms with Gasteiger partial charge in [0.1, 0.15) is 0 Å². The van der Waals surface area contributed by atoms with Crippen LogP contribution in [0.4, 0.5) is 5.69 Å². The van der Waals surface area contributed by atoms with Crippen LogP contribution in [0.15, 0.2) is 52.9 Å². The van der Waals surface area contributed by atoms with E-state index < -0.39 is 0 Å². The normalized spacial score (nSPS) is 10.6. The van der Waals surface area contributed by atoms with Crippen LogP contribution in [0.2, 0.25) is 5.02 Å². The Morgan fingerprint density at radius 1 is 0.947 bits per heavy atom. The molecule has 19 heavy (non-hydrogen) atoms. The van der Waals surface area contributed by atoms with Crippen molar-refractivity contribution in [2.45, 2.75) is 0 Å². The summed E-state index contributed by atoms with van der Waals surface area (Å²) in [5, 5.41) is 8.55. The topological polar surface area (TPSA) is 64.9 Å². The molecule has 0 aliphatic rings. The Morgan fingerprint density at radius 2 is 1.68 bits per heavy atom. The number of nitrogen functional groups attached to an aromatic ring is 1. The van der Waals surface area contributed by atoms with E-state index in [1.54, 1.807) is 18.2 Å². The minimum atomic E-state index is 0.358. The lowest BCUT2D eigenvalue weighted by atomic mass is 10.2. The summed E-state index contributed by atoms with van der Waals surface area (Å²) < 4.78 is 5.63. The van der Waals surface area contributed by atoms with E-state index in [0.717, 1.165) is 5.56 Å². The van der Waals surface area contributed by atoms with Gasteiger partial charge in [-0.05, 0) is 30.3 Å². The Morgan fingerprint density at radius 3 is 2.47 bits per heavy atom. The first-order valence-corrected chi connectivity index (χ1v) is 6.06. The van der Waals surface area contributed by atoms with E-state index in [1.807, 2.05) is 30.3 Å². The first-order valence-electron chi connectivity index (χ1n) is 5.68. The minimum absolute atomic E-state index is 0.358. The Bertz CT molecular complexity index is 710. The zero-order valence-corrected chi connectivity index (χ0v) is 10.6. The fourth-order valence-corrected chi connectivity index (χ4v) is 1.93. The maximum Gasteiger partial charge on any atom is 0.249 e. The van der Waals surface area contributed by atoms with Gasteiger partial charge in [0, 0.05) is 11.3 Å². The van der Waals surface area contributed by atoms with Gasteiger partial charge in [0.25, 0.3) is 0 Å². The number of rotatable bonds is 2. The highest BCUT2D eigenvalue weighted by Crippen LogP contribution is 2.30. The van der Waals surface area contributed by atoms with E-state index in [2.05, 4.69) is 10.2 Å². The second-order valence-corrected chi connectivity index (χ2v) is 4.42. The molecule has 0 unspecified atom stereocenters. The van der Waals surface area contributed by atoms with E-state index in [9.17, 15) is 0 Å². The molecule has 0 saturated carbocycles. The molecule has 3 aromatic rings. The maximum atomic E-state index is 6.10. The van der Waals surface area contributed by atoms with Crippen LogP contribution < -0.4 is 5.73 Å². The van der Waals surface area contributed by atoms with Crippen molar-refractivity contribution in [3.8, 4) is 22.9 Å². The average Bonchev–Trinajstić information content (AvgIpc) is 2.92. The molecule has 0 fully saturated rings. The monoisotopic (exact) mass is 271 g/mol. The Kier molecular flexibility index (Phi) is 2.93. The lowest BCUT2D eigenvalue weighted by molar-refractivity contribution is 0.584. The van der Waals surface area contributed by atoms with E-state index in [1.165, 1.54) is 0 Å². The Hall–Kier alpha value is -2.33. The van der Waals surface area contributed by atoms with Crippen LogP contribution in [0.3, 0.4) is 0 Å². The van der Waals surface area contributed by atoms with Crippen molar-refractivity contribution in [3.63, 3.8) is 0 Å². The number of anilines is 1. The second-order valence-electron chi connectivity index (χ2n) is 4.02. The highest BCUT2D eigenvalue weighted by Gasteiger charge is 2.13. The fraction of sp³-hybridized carbons (Fsp3) is 0. The highest BCUT2D eigenvalue weighted by atomic mass is 35.5. The van der Waals surface area contributed by atoms with Crippen molar-refractivity contribution in [2.75, 3.05) is 5.73 Å². The van der Waals surface area contributed by atoms with Crippen LogP contribution in [-0.4, -0.2) is 10.2 Å². The Labute approximate surface area is 114 Å². The summed E-state index contributed by atoms with van der Waals surface area (Å²) in [7, 11) is 0. The number of hydrogen-bond acceptors (Lipinski definition) is 4. The molecule has 1 heterocycles. The SMILES string of the molecule is Nc1ccc(Cl)c(-c2nnc(-c3ccccc3)o2)c1. The van der Waals surface area contributed by atoms with Gasteiger partial charge in [0.15, 0.2) is 0 Å². The molecule has 0 aliphatic carbocycles. The molecule has 2 N–H and O–H groups in total. The molecule has 0 bridgehead atoms. The molecule has 5 heteroatoms. The number of benzene rings is 2. The van der Waals surface area contributed by atoms with Gasteiger partial charge in [-0.25, -0.2) is 0 Å². The van der Waals surface area contributed by atoms with Crippen LogP contribution >= 0.6 is 11.6 Å². The molecule has 3 rings (SSSR count). The van der Waals surface area contributed by atoms with Crippen LogP contribution in [0.1, 0.15) is 0 Å². The van der Waals surface area contributed by atoms with Crippen molar-refractivity contribution in [3.05, 3.63) is 53.6 Å². The fourth-order valence-electron chi connectivity index (χ4n) is 1.74. The molecule has 0 spiro atoms. The number of halogens is 1. The average molecular weight is 272 g/mol. The van der Waals surface area contributed by atoms with Crippen LogP contribution in [-0.2, 0) is 0 Å². The van der Waals surface area contributed by atoms with Crippen molar-refractivity contribution in [1.29, 1.82) is 0 Å². The number of nitrogens with two attached hydrogens (primary N) is 1. The van der Waals surface area contributed by atoms with E-state index in [0.29, 0.717) is 28.1 Å². The van der Waals surface area contributed by atoms with Crippen molar-refractivity contribution in [2.24, 2.45) is 0 Å². The van der Waals surface area contributed by atoms with Gasteiger partial charge < -0.3 is 10.2 Å². The molecule has 94 valence electrons. The summed E-state index contributed by atoms with van der Waals surface area (Å²) in [5.74, 6) is 0.810. The number of hydrogen-bond donors (Lipinski definition) is 1. The largest absolute Gasteiger partial charge is 0.416 e. The molecule has 0 radical (unpaired) electrons. The standard InChI is InChI=1S/C14H10ClN3O/c15-12-7-6-10(16)8-11(12)14-18-17-13(19-14)9-4-2-1-3-5-9/h1-8H,16H2. The quantitative estimate of drug-likeness (QED) is 0.723. The van der Waals surface area contributed by atoms with Gasteiger partial charge in [-0.3, -0.25) is 0 Å². The summed E-state index contributed by atoms with van der Waals surface area (Å²) in [4.78, 5) is 0. The van der Waals surface area contributed by atoms with Crippen LogP contribution in [0.25, 0.3) is 22.9 Å². The maximum absolute atomic E-state index is 6.10. The zero-order valence-electron chi connectivity index (χ0n) is 9.88. The van der Waals surface area contributed by atoms with E-state index in [4.69, 9.17) is 21.8 Å². The third-order valence-electron chi connectivity index (χ3n) is 2.67. The number of aromatic nitrogens is 2. The molecular formula is C14H10ClN3O. The van der Waals surface area contributed by atoms with Crippen molar-refractivity contribution in [1.82, 2.24) is 10.2 Å². The van der Waals surface area contributed by atoms with Gasteiger partial charge in [-0.1, -0.05) is 29.8 Å². The van der Waals surface area contributed by atoms with Gasteiger partial charge in [0.05, 0.1) is 10.6 Å². The molecular weight excluding hydrogens is 262 g/mol. The molecule has 0 saturated heterocycles. The van der Waals surface area contributed by atoms with Crippen LogP contribution in [0.5, 0.6) is 0 Å². The smallest absolute Gasteiger partial charge is 0.249 e. The summed E-state index contributed by atoms with van der Waals surface area (Å²) in [5.41, 5.74) is 7.83. The van der Waals surface area contributed by atoms with Crippen molar-refractivity contribution < 1.29 is 4.42 Å². The summed E-state index contributed by atoms with van der Waals surface area (Å²) in [6.45, 7) is 0. The van der Waals surface area contributed by atoms with Crippen molar-refractivity contribution >= 4 is 17.3 Å². The third kappa shape index (κ3) is 2.30. The Balaban J connectivity index is 2.04. The molecule has 0 atom stereocenters. The second kappa shape index (κ2) is 4.74.